The molecule has 0 unspecified atom stereocenters. The first-order chi connectivity index (χ1) is 16.2. The second kappa shape index (κ2) is 7.53. The minimum Gasteiger partial charge on any atom is -0.507 e. The average molecular weight is 483 g/mol. The number of aromatic hydroxyl groups is 2. The molecule has 0 aliphatic carbocycles. The smallest absolute Gasteiger partial charge is 0.204 e. The highest BCUT2D eigenvalue weighted by Gasteiger charge is 2.36. The Bertz CT molecular complexity index is 1420. The van der Waals surface area contributed by atoms with Gasteiger partial charge in [-0.05, 0) is 85.6 Å². The molecule has 5 rings (SSSR count). The lowest BCUT2D eigenvalue weighted by atomic mass is 9.85. The van der Waals surface area contributed by atoms with Crippen molar-refractivity contribution in [3.05, 3.63) is 33.0 Å². The maximum Gasteiger partial charge on any atom is 0.204 e. The molecule has 0 spiro atoms. The first kappa shape index (κ1) is 23.8. The van der Waals surface area contributed by atoms with Gasteiger partial charge >= 0.3 is 0 Å². The highest BCUT2D eigenvalue weighted by atomic mass is 16.5. The summed E-state index contributed by atoms with van der Waals surface area (Å²) in [6.07, 6.45) is 3.44. The SMILES string of the molecule is CC(C)(O)CCc1c2c(c(O)c3oc4c5c(cc(O)c4c(=O)c13)OC(C)(C)CC5)OC(C)(C)CC2. The van der Waals surface area contributed by atoms with E-state index in [0.29, 0.717) is 61.2 Å². The third-order valence-electron chi connectivity index (χ3n) is 7.28. The van der Waals surface area contributed by atoms with Crippen molar-refractivity contribution in [2.45, 2.75) is 96.9 Å². The van der Waals surface area contributed by atoms with E-state index in [9.17, 15) is 20.1 Å². The zero-order chi connectivity index (χ0) is 25.5. The van der Waals surface area contributed by atoms with Gasteiger partial charge in [-0.3, -0.25) is 4.79 Å². The van der Waals surface area contributed by atoms with Crippen LogP contribution < -0.4 is 14.9 Å². The summed E-state index contributed by atoms with van der Waals surface area (Å²) in [7, 11) is 0. The number of hydrogen-bond acceptors (Lipinski definition) is 7. The van der Waals surface area contributed by atoms with E-state index in [1.165, 1.54) is 6.07 Å². The summed E-state index contributed by atoms with van der Waals surface area (Å²) in [5, 5.41) is 32.9. The fourth-order valence-corrected chi connectivity index (χ4v) is 5.29. The maximum atomic E-state index is 14.0. The second-order valence-corrected chi connectivity index (χ2v) is 11.9. The largest absolute Gasteiger partial charge is 0.507 e. The number of benzene rings is 2. The van der Waals surface area contributed by atoms with Gasteiger partial charge in [-0.2, -0.15) is 0 Å². The van der Waals surface area contributed by atoms with Crippen molar-refractivity contribution in [1.82, 2.24) is 0 Å². The van der Waals surface area contributed by atoms with Gasteiger partial charge in [-0.1, -0.05) is 0 Å². The Morgan fingerprint density at radius 2 is 1.57 bits per heavy atom. The van der Waals surface area contributed by atoms with Crippen LogP contribution >= 0.6 is 0 Å². The number of aliphatic hydroxyl groups is 1. The number of phenolic OH excluding ortho intramolecular Hbond substituents is 2. The van der Waals surface area contributed by atoms with Crippen LogP contribution in [-0.4, -0.2) is 32.1 Å². The van der Waals surface area contributed by atoms with Crippen molar-refractivity contribution in [1.29, 1.82) is 0 Å². The van der Waals surface area contributed by atoms with Gasteiger partial charge in [-0.15, -0.1) is 0 Å². The zero-order valence-corrected chi connectivity index (χ0v) is 21.3. The number of ether oxygens (including phenoxy) is 2. The topological polar surface area (TPSA) is 109 Å². The van der Waals surface area contributed by atoms with Gasteiger partial charge in [-0.25, -0.2) is 0 Å². The predicted octanol–water partition coefficient (Wildman–Crippen LogP) is 5.27. The van der Waals surface area contributed by atoms with E-state index in [1.54, 1.807) is 13.8 Å². The Morgan fingerprint density at radius 3 is 2.23 bits per heavy atom. The van der Waals surface area contributed by atoms with E-state index in [1.807, 2.05) is 27.7 Å². The summed E-state index contributed by atoms with van der Waals surface area (Å²) < 4.78 is 18.5. The quantitative estimate of drug-likeness (QED) is 0.436. The van der Waals surface area contributed by atoms with Crippen LogP contribution in [0.15, 0.2) is 15.3 Å². The van der Waals surface area contributed by atoms with E-state index in [4.69, 9.17) is 13.9 Å². The summed E-state index contributed by atoms with van der Waals surface area (Å²) >= 11 is 0. The molecule has 7 heteroatoms. The van der Waals surface area contributed by atoms with E-state index >= 15 is 0 Å². The molecule has 35 heavy (non-hydrogen) atoms. The molecule has 2 aromatic carbocycles. The first-order valence-corrected chi connectivity index (χ1v) is 12.3. The molecule has 0 fully saturated rings. The molecule has 0 radical (unpaired) electrons. The lowest BCUT2D eigenvalue weighted by Crippen LogP contribution is -2.33. The first-order valence-electron chi connectivity index (χ1n) is 12.3. The molecule has 2 aliphatic heterocycles. The molecule has 0 saturated heterocycles. The summed E-state index contributed by atoms with van der Waals surface area (Å²) in [4.78, 5) is 14.0. The lowest BCUT2D eigenvalue weighted by Gasteiger charge is -2.35. The van der Waals surface area contributed by atoms with Crippen LogP contribution in [0.25, 0.3) is 21.9 Å². The molecule has 1 aromatic heterocycles. The maximum absolute atomic E-state index is 14.0. The Kier molecular flexibility index (Phi) is 5.12. The van der Waals surface area contributed by atoms with Gasteiger partial charge in [0.2, 0.25) is 11.2 Å². The van der Waals surface area contributed by atoms with E-state index < -0.39 is 22.2 Å². The van der Waals surface area contributed by atoms with Crippen LogP contribution in [0, 0.1) is 0 Å². The van der Waals surface area contributed by atoms with Crippen molar-refractivity contribution in [2.75, 3.05) is 0 Å². The molecule has 3 N–H and O–H groups in total. The summed E-state index contributed by atoms with van der Waals surface area (Å²) in [6.45, 7) is 11.3. The zero-order valence-electron chi connectivity index (χ0n) is 21.3. The van der Waals surface area contributed by atoms with Gasteiger partial charge < -0.3 is 29.2 Å². The molecule has 3 aromatic rings. The Balaban J connectivity index is 1.87. The molecule has 188 valence electrons. The minimum absolute atomic E-state index is 0.0438. The number of aryl methyl sites for hydroxylation is 2. The molecular formula is C28H34O7. The Morgan fingerprint density at radius 1 is 0.943 bits per heavy atom. The molecule has 0 amide bonds. The van der Waals surface area contributed by atoms with E-state index in [-0.39, 0.29) is 33.4 Å². The predicted molar refractivity (Wildman–Crippen MR) is 134 cm³/mol. The van der Waals surface area contributed by atoms with Gasteiger partial charge in [0.05, 0.1) is 11.0 Å². The molecule has 3 heterocycles. The summed E-state index contributed by atoms with van der Waals surface area (Å²) in [5.74, 6) is 0.386. The van der Waals surface area contributed by atoms with Crippen LogP contribution in [0.3, 0.4) is 0 Å². The van der Waals surface area contributed by atoms with Gasteiger partial charge in [0.25, 0.3) is 0 Å². The second-order valence-electron chi connectivity index (χ2n) is 11.9. The third kappa shape index (κ3) is 3.99. The molecule has 7 nitrogen and oxygen atoms in total. The number of fused-ring (bicyclic) bond motifs is 5. The molecule has 0 saturated carbocycles. The van der Waals surface area contributed by atoms with Gasteiger partial charge in [0, 0.05) is 17.2 Å². The highest BCUT2D eigenvalue weighted by Crippen LogP contribution is 2.49. The van der Waals surface area contributed by atoms with Crippen molar-refractivity contribution in [2.24, 2.45) is 0 Å². The van der Waals surface area contributed by atoms with E-state index in [2.05, 4.69) is 0 Å². The molecular weight excluding hydrogens is 448 g/mol. The van der Waals surface area contributed by atoms with Crippen molar-refractivity contribution in [3.63, 3.8) is 0 Å². The number of hydrogen-bond donors (Lipinski definition) is 3. The Hall–Kier alpha value is -2.93. The average Bonchev–Trinajstić information content (AvgIpc) is 2.72. The van der Waals surface area contributed by atoms with E-state index in [0.717, 1.165) is 5.56 Å². The normalized spacial score (nSPS) is 18.6. The minimum atomic E-state index is -0.950. The van der Waals surface area contributed by atoms with Crippen LogP contribution in [0.4, 0.5) is 0 Å². The van der Waals surface area contributed by atoms with Crippen LogP contribution in [0.2, 0.25) is 0 Å². The Labute approximate surface area is 204 Å². The molecule has 0 atom stereocenters. The van der Waals surface area contributed by atoms with Crippen LogP contribution in [0.5, 0.6) is 23.0 Å². The van der Waals surface area contributed by atoms with Gasteiger partial charge in [0.1, 0.15) is 33.7 Å². The summed E-state index contributed by atoms with van der Waals surface area (Å²) in [6, 6.07) is 1.49. The van der Waals surface area contributed by atoms with Crippen LogP contribution in [-0.2, 0) is 19.3 Å². The number of phenols is 2. The standard InChI is InChI=1S/C28H34O7/c1-26(2,32)10-7-14-15-8-11-28(5,6)35-24(15)22(31)25-19(14)21(30)20-17(29)13-18-16(23(20)33-25)9-12-27(3,4)34-18/h13,29,31-32H,7-12H2,1-6H3. The highest BCUT2D eigenvalue weighted by molar-refractivity contribution is 6.00. The summed E-state index contributed by atoms with van der Waals surface area (Å²) in [5.41, 5.74) is 0.174. The monoisotopic (exact) mass is 482 g/mol. The fraction of sp³-hybridized carbons (Fsp3) is 0.536. The van der Waals surface area contributed by atoms with Crippen LogP contribution in [0.1, 0.15) is 77.5 Å². The fourth-order valence-electron chi connectivity index (χ4n) is 5.29. The van der Waals surface area contributed by atoms with Crippen molar-refractivity contribution < 1.29 is 29.2 Å². The number of rotatable bonds is 3. The van der Waals surface area contributed by atoms with Crippen molar-refractivity contribution >= 4 is 21.9 Å². The van der Waals surface area contributed by atoms with Gasteiger partial charge in [0.15, 0.2) is 11.3 Å². The third-order valence-corrected chi connectivity index (χ3v) is 7.28. The molecule has 2 aliphatic rings. The van der Waals surface area contributed by atoms with Crippen molar-refractivity contribution in [3.8, 4) is 23.0 Å². The lowest BCUT2D eigenvalue weighted by molar-refractivity contribution is 0.0699. The molecule has 0 bridgehead atoms.